The Morgan fingerprint density at radius 1 is 1.17 bits per heavy atom. The monoisotopic (exact) mass is 243 g/mol. The molecule has 0 fully saturated rings. The van der Waals surface area contributed by atoms with Crippen LogP contribution in [-0.2, 0) is 4.79 Å². The van der Waals surface area contributed by atoms with Gasteiger partial charge in [0.05, 0.1) is 7.11 Å². The standard InChI is InChI=1S/C15H17NO2/c1-11(17)7-8-16-14-5-3-13-10-15(18-2)6-4-12(13)9-14/h3-6,9-10,16H,7-8H2,1-2H3. The van der Waals surface area contributed by atoms with E-state index in [4.69, 9.17) is 4.74 Å². The first-order valence-corrected chi connectivity index (χ1v) is 6.00. The van der Waals surface area contributed by atoms with Crippen molar-refractivity contribution in [1.82, 2.24) is 0 Å². The highest BCUT2D eigenvalue weighted by atomic mass is 16.5. The van der Waals surface area contributed by atoms with Crippen LogP contribution in [0.1, 0.15) is 13.3 Å². The third-order valence-electron chi connectivity index (χ3n) is 2.85. The summed E-state index contributed by atoms with van der Waals surface area (Å²) in [5, 5.41) is 5.55. The number of Topliss-reactive ketones (excluding diaryl/α,β-unsaturated/α-hetero) is 1. The second-order valence-corrected chi connectivity index (χ2v) is 4.31. The lowest BCUT2D eigenvalue weighted by Crippen LogP contribution is -2.05. The molecule has 2 aromatic carbocycles. The summed E-state index contributed by atoms with van der Waals surface area (Å²) in [5.74, 6) is 1.06. The minimum absolute atomic E-state index is 0.202. The SMILES string of the molecule is COc1ccc2cc(NCCC(C)=O)ccc2c1. The average molecular weight is 243 g/mol. The minimum atomic E-state index is 0.202. The van der Waals surface area contributed by atoms with Gasteiger partial charge in [-0.3, -0.25) is 4.79 Å². The van der Waals surface area contributed by atoms with E-state index in [-0.39, 0.29) is 5.78 Å². The van der Waals surface area contributed by atoms with Crippen LogP contribution in [0.25, 0.3) is 10.8 Å². The van der Waals surface area contributed by atoms with Gasteiger partial charge in [-0.25, -0.2) is 0 Å². The van der Waals surface area contributed by atoms with E-state index in [1.165, 1.54) is 0 Å². The number of carbonyl (C=O) groups is 1. The molecule has 0 spiro atoms. The maximum Gasteiger partial charge on any atom is 0.131 e. The third-order valence-corrected chi connectivity index (χ3v) is 2.85. The molecular formula is C15H17NO2. The summed E-state index contributed by atoms with van der Waals surface area (Å²) in [4.78, 5) is 10.9. The fourth-order valence-corrected chi connectivity index (χ4v) is 1.84. The van der Waals surface area contributed by atoms with Crippen molar-refractivity contribution >= 4 is 22.2 Å². The van der Waals surface area contributed by atoms with Gasteiger partial charge in [0.2, 0.25) is 0 Å². The molecule has 0 aliphatic carbocycles. The number of hydrogen-bond acceptors (Lipinski definition) is 3. The molecule has 0 aliphatic rings. The number of carbonyl (C=O) groups excluding carboxylic acids is 1. The second kappa shape index (κ2) is 5.54. The fourth-order valence-electron chi connectivity index (χ4n) is 1.84. The summed E-state index contributed by atoms with van der Waals surface area (Å²) in [6, 6.07) is 12.1. The summed E-state index contributed by atoms with van der Waals surface area (Å²) >= 11 is 0. The molecule has 94 valence electrons. The highest BCUT2D eigenvalue weighted by Crippen LogP contribution is 2.23. The molecule has 3 heteroatoms. The first-order chi connectivity index (χ1) is 8.69. The average Bonchev–Trinajstić information content (AvgIpc) is 2.37. The molecule has 3 nitrogen and oxygen atoms in total. The van der Waals surface area contributed by atoms with Crippen molar-refractivity contribution in [1.29, 1.82) is 0 Å². The normalized spacial score (nSPS) is 10.3. The maximum absolute atomic E-state index is 10.9. The van der Waals surface area contributed by atoms with Crippen LogP contribution in [0.15, 0.2) is 36.4 Å². The zero-order chi connectivity index (χ0) is 13.0. The molecule has 0 heterocycles. The number of anilines is 1. The van der Waals surface area contributed by atoms with Crippen LogP contribution in [0.5, 0.6) is 5.75 Å². The highest BCUT2D eigenvalue weighted by Gasteiger charge is 1.99. The molecule has 18 heavy (non-hydrogen) atoms. The molecule has 2 aromatic rings. The highest BCUT2D eigenvalue weighted by molar-refractivity contribution is 5.87. The van der Waals surface area contributed by atoms with Crippen LogP contribution in [0.4, 0.5) is 5.69 Å². The summed E-state index contributed by atoms with van der Waals surface area (Å²) in [5.41, 5.74) is 1.04. The van der Waals surface area contributed by atoms with Gasteiger partial charge in [-0.05, 0) is 42.0 Å². The molecule has 0 atom stereocenters. The second-order valence-electron chi connectivity index (χ2n) is 4.31. The summed E-state index contributed by atoms with van der Waals surface area (Å²) < 4.78 is 5.19. The van der Waals surface area contributed by atoms with Crippen LogP contribution < -0.4 is 10.1 Å². The van der Waals surface area contributed by atoms with Crippen LogP contribution >= 0.6 is 0 Å². The predicted octanol–water partition coefficient (Wildman–Crippen LogP) is 3.24. The summed E-state index contributed by atoms with van der Waals surface area (Å²) in [6.45, 7) is 2.28. The van der Waals surface area contributed by atoms with Gasteiger partial charge < -0.3 is 10.1 Å². The number of ketones is 1. The van der Waals surface area contributed by atoms with Crippen LogP contribution in [0.2, 0.25) is 0 Å². The van der Waals surface area contributed by atoms with Crippen molar-refractivity contribution in [3.63, 3.8) is 0 Å². The number of ether oxygens (including phenoxy) is 1. The minimum Gasteiger partial charge on any atom is -0.497 e. The largest absolute Gasteiger partial charge is 0.497 e. The van der Waals surface area contributed by atoms with Crippen LogP contribution in [0, 0.1) is 0 Å². The number of nitrogens with one attached hydrogen (secondary N) is 1. The van der Waals surface area contributed by atoms with Gasteiger partial charge >= 0.3 is 0 Å². The van der Waals surface area contributed by atoms with Gasteiger partial charge in [0.1, 0.15) is 11.5 Å². The van der Waals surface area contributed by atoms with Gasteiger partial charge in [-0.15, -0.1) is 0 Å². The zero-order valence-corrected chi connectivity index (χ0v) is 10.7. The molecule has 0 radical (unpaired) electrons. The van der Waals surface area contributed by atoms with E-state index in [0.29, 0.717) is 13.0 Å². The lowest BCUT2D eigenvalue weighted by molar-refractivity contribution is -0.116. The van der Waals surface area contributed by atoms with Gasteiger partial charge in [0.15, 0.2) is 0 Å². The number of rotatable bonds is 5. The Balaban J connectivity index is 2.15. The van der Waals surface area contributed by atoms with E-state index in [2.05, 4.69) is 11.4 Å². The molecular weight excluding hydrogens is 226 g/mol. The Morgan fingerprint density at radius 3 is 2.61 bits per heavy atom. The van der Waals surface area contributed by atoms with E-state index in [9.17, 15) is 4.79 Å². The molecule has 1 N–H and O–H groups in total. The Hall–Kier alpha value is -2.03. The van der Waals surface area contributed by atoms with E-state index in [0.717, 1.165) is 22.2 Å². The Morgan fingerprint density at radius 2 is 1.89 bits per heavy atom. The third kappa shape index (κ3) is 3.00. The topological polar surface area (TPSA) is 38.3 Å². The van der Waals surface area contributed by atoms with Gasteiger partial charge in [0.25, 0.3) is 0 Å². The number of fused-ring (bicyclic) bond motifs is 1. The van der Waals surface area contributed by atoms with Crippen molar-refractivity contribution < 1.29 is 9.53 Å². The maximum atomic E-state index is 10.9. The van der Waals surface area contributed by atoms with Crippen LogP contribution in [0.3, 0.4) is 0 Å². The molecule has 0 aromatic heterocycles. The molecule has 0 unspecified atom stereocenters. The first kappa shape index (κ1) is 12.4. The van der Waals surface area contributed by atoms with Crippen molar-refractivity contribution in [2.75, 3.05) is 19.0 Å². The molecule has 0 saturated carbocycles. The molecule has 0 saturated heterocycles. The van der Waals surface area contributed by atoms with Crippen molar-refractivity contribution in [3.8, 4) is 5.75 Å². The fraction of sp³-hybridized carbons (Fsp3) is 0.267. The Labute approximate surface area is 107 Å². The number of methoxy groups -OCH3 is 1. The van der Waals surface area contributed by atoms with Crippen molar-refractivity contribution in [2.45, 2.75) is 13.3 Å². The van der Waals surface area contributed by atoms with E-state index >= 15 is 0 Å². The van der Waals surface area contributed by atoms with E-state index in [1.54, 1.807) is 14.0 Å². The van der Waals surface area contributed by atoms with Gasteiger partial charge in [-0.2, -0.15) is 0 Å². The van der Waals surface area contributed by atoms with Crippen molar-refractivity contribution in [2.24, 2.45) is 0 Å². The summed E-state index contributed by atoms with van der Waals surface area (Å²) in [6.07, 6.45) is 0.556. The number of benzene rings is 2. The molecule has 0 aliphatic heterocycles. The number of hydrogen-bond donors (Lipinski definition) is 1. The van der Waals surface area contributed by atoms with Crippen LogP contribution in [-0.4, -0.2) is 19.4 Å². The van der Waals surface area contributed by atoms with Gasteiger partial charge in [-0.1, -0.05) is 12.1 Å². The zero-order valence-electron chi connectivity index (χ0n) is 10.7. The Kier molecular flexibility index (Phi) is 3.82. The predicted molar refractivity (Wildman–Crippen MR) is 74.3 cm³/mol. The lowest BCUT2D eigenvalue weighted by Gasteiger charge is -2.07. The Bertz CT molecular complexity index is 563. The van der Waals surface area contributed by atoms with E-state index < -0.39 is 0 Å². The lowest BCUT2D eigenvalue weighted by atomic mass is 10.1. The molecule has 0 amide bonds. The first-order valence-electron chi connectivity index (χ1n) is 6.00. The molecule has 0 bridgehead atoms. The quantitative estimate of drug-likeness (QED) is 0.876. The molecule has 2 rings (SSSR count). The van der Waals surface area contributed by atoms with Crippen molar-refractivity contribution in [3.05, 3.63) is 36.4 Å². The summed E-state index contributed by atoms with van der Waals surface area (Å²) in [7, 11) is 1.67. The van der Waals surface area contributed by atoms with E-state index in [1.807, 2.05) is 30.3 Å². The smallest absolute Gasteiger partial charge is 0.131 e. The van der Waals surface area contributed by atoms with Gasteiger partial charge in [0, 0.05) is 18.7 Å².